The number of hydrogen-bond acceptors (Lipinski definition) is 4. The minimum absolute atomic E-state index is 0.0402. The van der Waals surface area contributed by atoms with Crippen LogP contribution in [0.1, 0.15) is 27.9 Å². The van der Waals surface area contributed by atoms with Gasteiger partial charge in [-0.2, -0.15) is 0 Å². The Morgan fingerprint density at radius 2 is 1.94 bits per heavy atom. The van der Waals surface area contributed by atoms with E-state index >= 15 is 0 Å². The number of pyridine rings is 1. The number of halogens is 3. The quantitative estimate of drug-likeness (QED) is 0.378. The van der Waals surface area contributed by atoms with E-state index in [1.807, 2.05) is 0 Å². The summed E-state index contributed by atoms with van der Waals surface area (Å²) in [5, 5.41) is -0.0615. The molecular formula is C22H17Cl2FN2O3S. The largest absolute Gasteiger partial charge is 0.294 e. The molecule has 2 heterocycles. The number of ketones is 1. The van der Waals surface area contributed by atoms with E-state index in [0.717, 1.165) is 5.56 Å². The molecule has 3 aromatic rings. The van der Waals surface area contributed by atoms with Gasteiger partial charge in [0.05, 0.1) is 16.3 Å². The zero-order chi connectivity index (χ0) is 22.2. The third-order valence-electron chi connectivity index (χ3n) is 5.12. The smallest absolute Gasteiger partial charge is 0.267 e. The van der Waals surface area contributed by atoms with Crippen LogP contribution >= 0.6 is 23.2 Å². The summed E-state index contributed by atoms with van der Waals surface area (Å²) >= 11 is 12.0. The number of nitrogens with zero attached hydrogens (tertiary/aromatic N) is 2. The van der Waals surface area contributed by atoms with Crippen LogP contribution in [0.4, 0.5) is 10.1 Å². The van der Waals surface area contributed by atoms with Crippen molar-refractivity contribution in [2.75, 3.05) is 10.8 Å². The molecule has 1 aliphatic heterocycles. The standard InChI is InChI=1S/C22H17Cl2FN2O3S/c23-16-5-1-6-17(25)21(16)19(28)13-14-8-9-15-4-3-11-27(18(15)12-14)31(29,30)20-7-2-10-26-22(20)24/h1-2,5-10,12H,3-4,11,13H2. The first-order chi connectivity index (χ1) is 14.8. The van der Waals surface area contributed by atoms with Crippen LogP contribution in [0.15, 0.2) is 59.6 Å². The summed E-state index contributed by atoms with van der Waals surface area (Å²) < 4.78 is 42.0. The maximum Gasteiger partial charge on any atom is 0.267 e. The van der Waals surface area contributed by atoms with Gasteiger partial charge in [-0.25, -0.2) is 17.8 Å². The Morgan fingerprint density at radius 3 is 2.68 bits per heavy atom. The third kappa shape index (κ3) is 4.18. The summed E-state index contributed by atoms with van der Waals surface area (Å²) in [4.78, 5) is 16.5. The molecule has 0 saturated carbocycles. The number of benzene rings is 2. The van der Waals surface area contributed by atoms with Crippen molar-refractivity contribution in [3.63, 3.8) is 0 Å². The molecule has 1 aliphatic rings. The summed E-state index contributed by atoms with van der Waals surface area (Å²) in [6, 6.07) is 12.2. The van der Waals surface area contributed by atoms with Crippen molar-refractivity contribution in [3.05, 3.63) is 87.4 Å². The predicted octanol–water partition coefficient (Wildman–Crippen LogP) is 5.09. The molecule has 1 aromatic heterocycles. The molecular weight excluding hydrogens is 462 g/mol. The molecule has 4 rings (SSSR count). The van der Waals surface area contributed by atoms with Crippen molar-refractivity contribution in [1.29, 1.82) is 0 Å². The molecule has 0 aliphatic carbocycles. The predicted molar refractivity (Wildman–Crippen MR) is 118 cm³/mol. The molecule has 0 atom stereocenters. The highest BCUT2D eigenvalue weighted by atomic mass is 35.5. The van der Waals surface area contributed by atoms with Gasteiger partial charge >= 0.3 is 0 Å². The van der Waals surface area contributed by atoms with Gasteiger partial charge in [0.15, 0.2) is 5.78 Å². The number of aromatic nitrogens is 1. The van der Waals surface area contributed by atoms with Crippen molar-refractivity contribution in [3.8, 4) is 0 Å². The highest BCUT2D eigenvalue weighted by Crippen LogP contribution is 2.34. The van der Waals surface area contributed by atoms with Gasteiger partial charge in [0.2, 0.25) is 0 Å². The Labute approximate surface area is 189 Å². The Kier molecular flexibility index (Phi) is 6.01. The van der Waals surface area contributed by atoms with Gasteiger partial charge in [0.1, 0.15) is 15.9 Å². The third-order valence-corrected chi connectivity index (χ3v) is 7.70. The second-order valence-electron chi connectivity index (χ2n) is 7.13. The van der Waals surface area contributed by atoms with E-state index in [1.165, 1.54) is 40.8 Å². The van der Waals surface area contributed by atoms with E-state index in [2.05, 4.69) is 4.98 Å². The maximum absolute atomic E-state index is 14.1. The van der Waals surface area contributed by atoms with Gasteiger partial charge in [-0.1, -0.05) is 41.4 Å². The molecule has 0 amide bonds. The summed E-state index contributed by atoms with van der Waals surface area (Å²) in [6.45, 7) is 0.275. The number of fused-ring (bicyclic) bond motifs is 1. The fourth-order valence-corrected chi connectivity index (χ4v) is 5.90. The highest BCUT2D eigenvalue weighted by molar-refractivity contribution is 7.93. The van der Waals surface area contributed by atoms with E-state index in [4.69, 9.17) is 23.2 Å². The highest BCUT2D eigenvalue weighted by Gasteiger charge is 2.31. The van der Waals surface area contributed by atoms with Crippen LogP contribution in [-0.2, 0) is 22.9 Å². The van der Waals surface area contributed by atoms with Crippen LogP contribution in [0.3, 0.4) is 0 Å². The van der Waals surface area contributed by atoms with E-state index in [1.54, 1.807) is 18.2 Å². The van der Waals surface area contributed by atoms with Crippen LogP contribution < -0.4 is 4.31 Å². The fourth-order valence-electron chi connectivity index (χ4n) is 3.67. The van der Waals surface area contributed by atoms with Gasteiger partial charge in [-0.3, -0.25) is 9.10 Å². The van der Waals surface area contributed by atoms with Crippen molar-refractivity contribution in [2.24, 2.45) is 0 Å². The normalized spacial score (nSPS) is 13.7. The summed E-state index contributed by atoms with van der Waals surface area (Å²) in [5.74, 6) is -1.17. The number of aryl methyl sites for hydroxylation is 1. The van der Waals surface area contributed by atoms with Gasteiger partial charge in [-0.15, -0.1) is 0 Å². The van der Waals surface area contributed by atoms with Crippen molar-refractivity contribution in [2.45, 2.75) is 24.2 Å². The Bertz CT molecular complexity index is 1260. The topological polar surface area (TPSA) is 67.3 Å². The van der Waals surface area contributed by atoms with Crippen molar-refractivity contribution in [1.82, 2.24) is 4.98 Å². The van der Waals surface area contributed by atoms with E-state index in [-0.39, 0.29) is 33.6 Å². The summed E-state index contributed by atoms with van der Waals surface area (Å²) in [6.07, 6.45) is 2.65. The summed E-state index contributed by atoms with van der Waals surface area (Å²) in [7, 11) is -3.94. The average molecular weight is 479 g/mol. The SMILES string of the molecule is O=C(Cc1ccc2c(c1)N(S(=O)(=O)c1cccnc1Cl)CCC2)c1c(F)cccc1Cl. The minimum Gasteiger partial charge on any atom is -0.294 e. The number of carbonyl (C=O) groups is 1. The number of carbonyl (C=O) groups excluding carboxylic acids is 1. The molecule has 0 fully saturated rings. The molecule has 0 spiro atoms. The van der Waals surface area contributed by atoms with Crippen LogP contribution in [0.25, 0.3) is 0 Å². The molecule has 5 nitrogen and oxygen atoms in total. The van der Waals surface area contributed by atoms with E-state index < -0.39 is 21.6 Å². The maximum atomic E-state index is 14.1. The Morgan fingerprint density at radius 1 is 1.13 bits per heavy atom. The lowest BCUT2D eigenvalue weighted by molar-refractivity contribution is 0.0989. The molecule has 0 bridgehead atoms. The van der Waals surface area contributed by atoms with E-state index in [0.29, 0.717) is 24.1 Å². The lowest BCUT2D eigenvalue weighted by atomic mass is 9.97. The average Bonchev–Trinajstić information content (AvgIpc) is 2.73. The molecule has 31 heavy (non-hydrogen) atoms. The molecule has 0 radical (unpaired) electrons. The number of anilines is 1. The van der Waals surface area contributed by atoms with Crippen molar-refractivity contribution >= 4 is 44.7 Å². The van der Waals surface area contributed by atoms with Gasteiger partial charge in [0, 0.05) is 19.2 Å². The fraction of sp³-hybridized carbons (Fsp3) is 0.182. The lowest BCUT2D eigenvalue weighted by Gasteiger charge is -2.31. The van der Waals surface area contributed by atoms with E-state index in [9.17, 15) is 17.6 Å². The lowest BCUT2D eigenvalue weighted by Crippen LogP contribution is -2.35. The van der Waals surface area contributed by atoms with Crippen LogP contribution in [0, 0.1) is 5.82 Å². The minimum atomic E-state index is -3.94. The monoisotopic (exact) mass is 478 g/mol. The number of Topliss-reactive ketones (excluding diaryl/α,β-unsaturated/α-hetero) is 1. The van der Waals surface area contributed by atoms with Crippen LogP contribution in [0.2, 0.25) is 10.2 Å². The van der Waals surface area contributed by atoms with Crippen LogP contribution in [0.5, 0.6) is 0 Å². The summed E-state index contributed by atoms with van der Waals surface area (Å²) in [5.41, 5.74) is 1.71. The van der Waals surface area contributed by atoms with Gasteiger partial charge in [0.25, 0.3) is 10.0 Å². The first-order valence-corrected chi connectivity index (χ1v) is 11.7. The van der Waals surface area contributed by atoms with Gasteiger partial charge < -0.3 is 0 Å². The first-order valence-electron chi connectivity index (χ1n) is 9.51. The van der Waals surface area contributed by atoms with Gasteiger partial charge in [-0.05, 0) is 54.3 Å². The zero-order valence-electron chi connectivity index (χ0n) is 16.2. The number of hydrogen-bond donors (Lipinski definition) is 0. The molecule has 0 N–H and O–H groups in total. The Hall–Kier alpha value is -2.48. The Balaban J connectivity index is 1.70. The van der Waals surface area contributed by atoms with Crippen LogP contribution in [-0.4, -0.2) is 25.7 Å². The second-order valence-corrected chi connectivity index (χ2v) is 9.73. The molecule has 9 heteroatoms. The molecule has 2 aromatic carbocycles. The number of sulfonamides is 1. The first kappa shape index (κ1) is 21.7. The van der Waals surface area contributed by atoms with Crippen molar-refractivity contribution < 1.29 is 17.6 Å². The number of rotatable bonds is 5. The zero-order valence-corrected chi connectivity index (χ0v) is 18.5. The molecule has 0 unspecified atom stereocenters. The molecule has 0 saturated heterocycles. The molecule has 160 valence electrons. The second kappa shape index (κ2) is 8.57.